The second-order valence-electron chi connectivity index (χ2n) is 6.95. The number of carbonyl (C=O) groups excluding carboxylic acids is 2. The zero-order valence-electron chi connectivity index (χ0n) is 16.0. The molecule has 7 heteroatoms. The van der Waals surface area contributed by atoms with Crippen molar-refractivity contribution in [2.75, 3.05) is 19.7 Å². The van der Waals surface area contributed by atoms with Crippen LogP contribution in [0.5, 0.6) is 5.75 Å². The maximum absolute atomic E-state index is 12.6. The molecule has 0 unspecified atom stereocenters. The van der Waals surface area contributed by atoms with Gasteiger partial charge in [-0.3, -0.25) is 9.59 Å². The molecule has 1 fully saturated rings. The molecule has 0 radical (unpaired) electrons. The number of carbonyl (C=O) groups is 3. The van der Waals surface area contributed by atoms with Crippen LogP contribution in [0.1, 0.15) is 24.4 Å². The Morgan fingerprint density at radius 3 is 2.17 bits per heavy atom. The minimum absolute atomic E-state index is 0.0457. The number of rotatable bonds is 7. The standard InChI is InChI=1S/C22H24N2O5/c25-19(15-29-18-9-5-2-6-10-18)24-13-11-17(12-14-24)21(26)23-20(22(27)28)16-7-3-1-4-8-16/h1-10,17,20H,11-15H2,(H,23,26)(H,27,28)/t20-/m1/s1. The van der Waals surface area contributed by atoms with Crippen LogP contribution in [0.15, 0.2) is 60.7 Å². The third-order valence-electron chi connectivity index (χ3n) is 4.99. The molecular weight excluding hydrogens is 372 g/mol. The largest absolute Gasteiger partial charge is 0.484 e. The summed E-state index contributed by atoms with van der Waals surface area (Å²) in [5.41, 5.74) is 0.527. The smallest absolute Gasteiger partial charge is 0.330 e. The lowest BCUT2D eigenvalue weighted by atomic mass is 9.95. The van der Waals surface area contributed by atoms with Gasteiger partial charge in [-0.2, -0.15) is 0 Å². The van der Waals surface area contributed by atoms with Crippen molar-refractivity contribution in [2.45, 2.75) is 18.9 Å². The molecule has 0 saturated carbocycles. The topological polar surface area (TPSA) is 95.9 Å². The molecule has 0 aromatic heterocycles. The number of ether oxygens (including phenoxy) is 1. The monoisotopic (exact) mass is 396 g/mol. The predicted molar refractivity (Wildman–Crippen MR) is 106 cm³/mol. The minimum atomic E-state index is -1.10. The quantitative estimate of drug-likeness (QED) is 0.748. The summed E-state index contributed by atoms with van der Waals surface area (Å²) in [6, 6.07) is 16.6. The van der Waals surface area contributed by atoms with Crippen molar-refractivity contribution in [3.8, 4) is 5.75 Å². The van der Waals surface area contributed by atoms with E-state index < -0.39 is 12.0 Å². The van der Waals surface area contributed by atoms with Gasteiger partial charge in [0.25, 0.3) is 5.91 Å². The summed E-state index contributed by atoms with van der Waals surface area (Å²) in [7, 11) is 0. The van der Waals surface area contributed by atoms with Crippen molar-refractivity contribution in [1.82, 2.24) is 10.2 Å². The molecule has 1 saturated heterocycles. The Morgan fingerprint density at radius 2 is 1.59 bits per heavy atom. The average molecular weight is 396 g/mol. The lowest BCUT2D eigenvalue weighted by molar-refractivity contribution is -0.143. The Hall–Kier alpha value is -3.35. The number of hydrogen-bond donors (Lipinski definition) is 2. The maximum atomic E-state index is 12.6. The van der Waals surface area contributed by atoms with Gasteiger partial charge in [-0.1, -0.05) is 48.5 Å². The normalized spacial score (nSPS) is 15.4. The summed E-state index contributed by atoms with van der Waals surface area (Å²) in [5, 5.41) is 12.1. The van der Waals surface area contributed by atoms with Crippen molar-refractivity contribution in [3.63, 3.8) is 0 Å². The zero-order valence-corrected chi connectivity index (χ0v) is 16.0. The fourth-order valence-electron chi connectivity index (χ4n) is 3.34. The van der Waals surface area contributed by atoms with Crippen LogP contribution in [-0.2, 0) is 14.4 Å². The van der Waals surface area contributed by atoms with E-state index in [1.165, 1.54) is 0 Å². The molecule has 0 aliphatic carbocycles. The van der Waals surface area contributed by atoms with Gasteiger partial charge in [0.1, 0.15) is 5.75 Å². The number of carboxylic acid groups (broad SMARTS) is 1. The van der Waals surface area contributed by atoms with Gasteiger partial charge in [0.2, 0.25) is 5.91 Å². The second kappa shape index (κ2) is 9.73. The molecule has 0 bridgehead atoms. The average Bonchev–Trinajstić information content (AvgIpc) is 2.77. The van der Waals surface area contributed by atoms with E-state index >= 15 is 0 Å². The van der Waals surface area contributed by atoms with Crippen molar-refractivity contribution < 1.29 is 24.2 Å². The van der Waals surface area contributed by atoms with Crippen LogP contribution in [0.3, 0.4) is 0 Å². The fourth-order valence-corrected chi connectivity index (χ4v) is 3.34. The molecule has 2 aromatic rings. The van der Waals surface area contributed by atoms with E-state index in [9.17, 15) is 19.5 Å². The molecule has 7 nitrogen and oxygen atoms in total. The van der Waals surface area contributed by atoms with E-state index in [-0.39, 0.29) is 24.3 Å². The van der Waals surface area contributed by atoms with Crippen LogP contribution in [0.4, 0.5) is 0 Å². The SMILES string of the molecule is O=C(N[C@@H](C(=O)O)c1ccccc1)C1CCN(C(=O)COc2ccccc2)CC1. The first kappa shape index (κ1) is 20.4. The number of amides is 2. The first-order chi connectivity index (χ1) is 14.0. The Bertz CT molecular complexity index is 833. The number of aliphatic carboxylic acids is 1. The highest BCUT2D eigenvalue weighted by Crippen LogP contribution is 2.20. The van der Waals surface area contributed by atoms with Gasteiger partial charge in [-0.05, 0) is 30.5 Å². The predicted octanol–water partition coefficient (Wildman–Crippen LogP) is 2.25. The van der Waals surface area contributed by atoms with E-state index in [0.29, 0.717) is 37.2 Å². The van der Waals surface area contributed by atoms with Crippen molar-refractivity contribution in [2.24, 2.45) is 5.92 Å². The fraction of sp³-hybridized carbons (Fsp3) is 0.318. The highest BCUT2D eigenvalue weighted by molar-refractivity contribution is 5.86. The van der Waals surface area contributed by atoms with E-state index in [2.05, 4.69) is 5.32 Å². The first-order valence-electron chi connectivity index (χ1n) is 9.58. The molecule has 2 aromatic carbocycles. The Morgan fingerprint density at radius 1 is 1.00 bits per heavy atom. The van der Waals surface area contributed by atoms with Gasteiger partial charge in [0.15, 0.2) is 12.6 Å². The van der Waals surface area contributed by atoms with Crippen LogP contribution < -0.4 is 10.1 Å². The molecule has 152 valence electrons. The van der Waals surface area contributed by atoms with Gasteiger partial charge in [-0.25, -0.2) is 4.79 Å². The number of para-hydroxylation sites is 1. The Labute approximate surface area is 169 Å². The summed E-state index contributed by atoms with van der Waals surface area (Å²) in [5.74, 6) is -1.21. The third-order valence-corrected chi connectivity index (χ3v) is 4.99. The number of likely N-dealkylation sites (tertiary alicyclic amines) is 1. The number of carboxylic acids is 1. The second-order valence-corrected chi connectivity index (χ2v) is 6.95. The van der Waals surface area contributed by atoms with Gasteiger partial charge >= 0.3 is 5.97 Å². The summed E-state index contributed by atoms with van der Waals surface area (Å²) < 4.78 is 5.49. The van der Waals surface area contributed by atoms with Gasteiger partial charge in [-0.15, -0.1) is 0 Å². The van der Waals surface area contributed by atoms with Gasteiger partial charge in [0, 0.05) is 19.0 Å². The van der Waals surface area contributed by atoms with Crippen LogP contribution in [0, 0.1) is 5.92 Å². The molecule has 1 heterocycles. The third kappa shape index (κ3) is 5.57. The molecule has 1 aliphatic rings. The summed E-state index contributed by atoms with van der Waals surface area (Å²) >= 11 is 0. The highest BCUT2D eigenvalue weighted by Gasteiger charge is 2.30. The maximum Gasteiger partial charge on any atom is 0.330 e. The molecule has 3 rings (SSSR count). The highest BCUT2D eigenvalue weighted by atomic mass is 16.5. The number of hydrogen-bond acceptors (Lipinski definition) is 4. The molecular formula is C22H24N2O5. The molecule has 2 amide bonds. The van der Waals surface area contributed by atoms with Crippen molar-refractivity contribution in [3.05, 3.63) is 66.2 Å². The summed E-state index contributed by atoms with van der Waals surface area (Å²) in [6.07, 6.45) is 0.980. The number of benzene rings is 2. The van der Waals surface area contributed by atoms with Gasteiger partial charge in [0.05, 0.1) is 0 Å². The number of nitrogens with zero attached hydrogens (tertiary/aromatic N) is 1. The number of nitrogens with one attached hydrogen (secondary N) is 1. The Kier molecular flexibility index (Phi) is 6.84. The lowest BCUT2D eigenvalue weighted by Gasteiger charge is -2.31. The van der Waals surface area contributed by atoms with Crippen LogP contribution in [-0.4, -0.2) is 47.5 Å². The summed E-state index contributed by atoms with van der Waals surface area (Å²) in [6.45, 7) is 0.840. The van der Waals surface area contributed by atoms with Crippen LogP contribution in [0.25, 0.3) is 0 Å². The molecule has 0 spiro atoms. The molecule has 1 atom stereocenters. The molecule has 29 heavy (non-hydrogen) atoms. The van der Waals surface area contributed by atoms with Crippen molar-refractivity contribution >= 4 is 17.8 Å². The van der Waals surface area contributed by atoms with E-state index in [1.807, 2.05) is 18.2 Å². The van der Waals surface area contributed by atoms with Gasteiger partial charge < -0.3 is 20.1 Å². The van der Waals surface area contributed by atoms with E-state index in [4.69, 9.17) is 4.74 Å². The zero-order chi connectivity index (χ0) is 20.6. The van der Waals surface area contributed by atoms with E-state index in [1.54, 1.807) is 47.4 Å². The van der Waals surface area contributed by atoms with E-state index in [0.717, 1.165) is 0 Å². The lowest BCUT2D eigenvalue weighted by Crippen LogP contribution is -2.45. The molecule has 1 aliphatic heterocycles. The summed E-state index contributed by atoms with van der Waals surface area (Å²) in [4.78, 5) is 38.1. The minimum Gasteiger partial charge on any atom is -0.484 e. The molecule has 2 N–H and O–H groups in total. The first-order valence-corrected chi connectivity index (χ1v) is 9.58. The Balaban J connectivity index is 1.48. The number of piperidine rings is 1. The van der Waals surface area contributed by atoms with Crippen molar-refractivity contribution in [1.29, 1.82) is 0 Å². The van der Waals surface area contributed by atoms with Crippen LogP contribution in [0.2, 0.25) is 0 Å². The van der Waals surface area contributed by atoms with Crippen LogP contribution >= 0.6 is 0 Å².